The van der Waals surface area contributed by atoms with Gasteiger partial charge in [0, 0.05) is 31.1 Å². The lowest BCUT2D eigenvalue weighted by molar-refractivity contribution is 0.618. The fourth-order valence-electron chi connectivity index (χ4n) is 2.12. The fraction of sp³-hybridized carbons (Fsp3) is 0.750. The largest absolute Gasteiger partial charge is 0.370 e. The van der Waals surface area contributed by atoms with Gasteiger partial charge in [0.1, 0.15) is 17.5 Å². The Hall–Kier alpha value is -1.32. The summed E-state index contributed by atoms with van der Waals surface area (Å²) in [6.45, 7) is 15.0. The molecule has 1 atom stereocenters. The van der Waals surface area contributed by atoms with E-state index in [0.29, 0.717) is 12.0 Å². The maximum atomic E-state index is 4.76. The molecular formula is C16H30N4. The molecule has 1 aromatic rings. The molecule has 0 radical (unpaired) electrons. The number of nitrogens with zero attached hydrogens (tertiary/aromatic N) is 3. The smallest absolute Gasteiger partial charge is 0.135 e. The van der Waals surface area contributed by atoms with Crippen molar-refractivity contribution in [3.63, 3.8) is 0 Å². The Kier molecular flexibility index (Phi) is 6.76. The van der Waals surface area contributed by atoms with Crippen LogP contribution in [0.2, 0.25) is 0 Å². The van der Waals surface area contributed by atoms with E-state index in [2.05, 4.69) is 62.8 Å². The van der Waals surface area contributed by atoms with Crippen molar-refractivity contribution in [2.24, 2.45) is 0 Å². The molecule has 1 unspecified atom stereocenters. The SMILES string of the molecule is CCCNc1cc(N(CC)C(C)CC)nc(C(C)C)n1. The number of anilines is 2. The molecule has 0 aromatic carbocycles. The van der Waals surface area contributed by atoms with E-state index in [0.717, 1.165) is 43.4 Å². The standard InChI is InChI=1S/C16H30N4/c1-7-10-17-14-11-15(19-16(18-14)12(4)5)20(9-3)13(6)8-2/h11-13H,7-10H2,1-6H3,(H,17,18,19). The Balaban J connectivity index is 3.12. The number of aromatic nitrogens is 2. The van der Waals surface area contributed by atoms with Crippen LogP contribution in [0.4, 0.5) is 11.6 Å². The Bertz CT molecular complexity index is 403. The van der Waals surface area contributed by atoms with Crippen LogP contribution in [-0.4, -0.2) is 29.1 Å². The summed E-state index contributed by atoms with van der Waals surface area (Å²) in [4.78, 5) is 11.7. The van der Waals surface area contributed by atoms with Crippen LogP contribution in [0.1, 0.15) is 66.1 Å². The zero-order valence-corrected chi connectivity index (χ0v) is 13.9. The third-order valence-electron chi connectivity index (χ3n) is 3.56. The van der Waals surface area contributed by atoms with Crippen molar-refractivity contribution >= 4 is 11.6 Å². The predicted molar refractivity (Wildman–Crippen MR) is 87.7 cm³/mol. The minimum Gasteiger partial charge on any atom is -0.370 e. The lowest BCUT2D eigenvalue weighted by atomic mass is 10.2. The van der Waals surface area contributed by atoms with E-state index < -0.39 is 0 Å². The van der Waals surface area contributed by atoms with Gasteiger partial charge in [-0.05, 0) is 26.7 Å². The first kappa shape index (κ1) is 16.7. The van der Waals surface area contributed by atoms with Gasteiger partial charge in [0.25, 0.3) is 0 Å². The minimum absolute atomic E-state index is 0.341. The molecule has 1 aromatic heterocycles. The summed E-state index contributed by atoms with van der Waals surface area (Å²) in [6, 6.07) is 2.57. The quantitative estimate of drug-likeness (QED) is 0.779. The van der Waals surface area contributed by atoms with E-state index in [1.54, 1.807) is 0 Å². The molecular weight excluding hydrogens is 248 g/mol. The first-order valence-corrected chi connectivity index (χ1v) is 7.92. The summed E-state index contributed by atoms with van der Waals surface area (Å²) >= 11 is 0. The van der Waals surface area contributed by atoms with Crippen molar-refractivity contribution in [1.82, 2.24) is 9.97 Å². The van der Waals surface area contributed by atoms with Crippen LogP contribution in [0.3, 0.4) is 0 Å². The van der Waals surface area contributed by atoms with E-state index in [1.807, 2.05) is 0 Å². The Labute approximate surface area is 124 Å². The van der Waals surface area contributed by atoms with E-state index >= 15 is 0 Å². The molecule has 0 spiro atoms. The summed E-state index contributed by atoms with van der Waals surface area (Å²) in [6.07, 6.45) is 2.21. The molecule has 1 rings (SSSR count). The van der Waals surface area contributed by atoms with Crippen molar-refractivity contribution in [2.75, 3.05) is 23.3 Å². The van der Waals surface area contributed by atoms with Gasteiger partial charge < -0.3 is 10.2 Å². The monoisotopic (exact) mass is 278 g/mol. The van der Waals surface area contributed by atoms with Gasteiger partial charge in [-0.2, -0.15) is 0 Å². The molecule has 4 nitrogen and oxygen atoms in total. The van der Waals surface area contributed by atoms with Crippen molar-refractivity contribution in [3.8, 4) is 0 Å². The average Bonchev–Trinajstić information content (AvgIpc) is 2.45. The highest BCUT2D eigenvalue weighted by atomic mass is 15.2. The second-order valence-electron chi connectivity index (χ2n) is 5.59. The van der Waals surface area contributed by atoms with E-state index in [1.165, 1.54) is 0 Å². The van der Waals surface area contributed by atoms with Crippen molar-refractivity contribution in [2.45, 2.75) is 66.3 Å². The van der Waals surface area contributed by atoms with Gasteiger partial charge in [0.15, 0.2) is 0 Å². The van der Waals surface area contributed by atoms with Gasteiger partial charge in [-0.25, -0.2) is 9.97 Å². The molecule has 0 saturated heterocycles. The second kappa shape index (κ2) is 8.08. The normalized spacial score (nSPS) is 12.6. The highest BCUT2D eigenvalue weighted by Crippen LogP contribution is 2.22. The summed E-state index contributed by atoms with van der Waals surface area (Å²) in [5.41, 5.74) is 0. The Morgan fingerprint density at radius 2 is 1.85 bits per heavy atom. The average molecular weight is 278 g/mol. The molecule has 0 aliphatic heterocycles. The van der Waals surface area contributed by atoms with Gasteiger partial charge in [-0.1, -0.05) is 27.7 Å². The molecule has 114 valence electrons. The number of hydrogen-bond donors (Lipinski definition) is 1. The topological polar surface area (TPSA) is 41.0 Å². The summed E-state index contributed by atoms with van der Waals surface area (Å²) < 4.78 is 0. The number of hydrogen-bond acceptors (Lipinski definition) is 4. The first-order valence-electron chi connectivity index (χ1n) is 7.92. The van der Waals surface area contributed by atoms with Crippen LogP contribution in [0.5, 0.6) is 0 Å². The van der Waals surface area contributed by atoms with E-state index in [4.69, 9.17) is 4.98 Å². The number of rotatable bonds is 8. The fourth-order valence-corrected chi connectivity index (χ4v) is 2.12. The van der Waals surface area contributed by atoms with Crippen molar-refractivity contribution < 1.29 is 0 Å². The summed E-state index contributed by atoms with van der Waals surface area (Å²) in [7, 11) is 0. The Morgan fingerprint density at radius 1 is 1.15 bits per heavy atom. The minimum atomic E-state index is 0.341. The summed E-state index contributed by atoms with van der Waals surface area (Å²) in [5.74, 6) is 3.25. The van der Waals surface area contributed by atoms with Gasteiger partial charge in [-0.15, -0.1) is 0 Å². The molecule has 20 heavy (non-hydrogen) atoms. The van der Waals surface area contributed by atoms with E-state index in [9.17, 15) is 0 Å². The predicted octanol–water partition coefficient (Wildman–Crippen LogP) is 4.05. The maximum Gasteiger partial charge on any atom is 0.135 e. The van der Waals surface area contributed by atoms with Crippen LogP contribution in [0, 0.1) is 0 Å². The van der Waals surface area contributed by atoms with Gasteiger partial charge in [-0.3, -0.25) is 0 Å². The molecule has 0 saturated carbocycles. The van der Waals surface area contributed by atoms with Crippen LogP contribution < -0.4 is 10.2 Å². The number of nitrogens with one attached hydrogen (secondary N) is 1. The maximum absolute atomic E-state index is 4.76. The van der Waals surface area contributed by atoms with Gasteiger partial charge >= 0.3 is 0 Å². The molecule has 4 heteroatoms. The molecule has 0 bridgehead atoms. The molecule has 1 heterocycles. The van der Waals surface area contributed by atoms with Crippen LogP contribution in [-0.2, 0) is 0 Å². The van der Waals surface area contributed by atoms with Gasteiger partial charge in [0.05, 0.1) is 0 Å². The van der Waals surface area contributed by atoms with Crippen molar-refractivity contribution in [3.05, 3.63) is 11.9 Å². The molecule has 0 amide bonds. The Morgan fingerprint density at radius 3 is 2.35 bits per heavy atom. The van der Waals surface area contributed by atoms with Crippen molar-refractivity contribution in [1.29, 1.82) is 0 Å². The van der Waals surface area contributed by atoms with Crippen LogP contribution in [0.25, 0.3) is 0 Å². The zero-order chi connectivity index (χ0) is 15.1. The van der Waals surface area contributed by atoms with Gasteiger partial charge in [0.2, 0.25) is 0 Å². The lowest BCUT2D eigenvalue weighted by Gasteiger charge is -2.29. The molecule has 0 aliphatic rings. The molecule has 0 aliphatic carbocycles. The summed E-state index contributed by atoms with van der Waals surface area (Å²) in [5, 5.41) is 3.39. The zero-order valence-electron chi connectivity index (χ0n) is 13.9. The van der Waals surface area contributed by atoms with Crippen LogP contribution in [0.15, 0.2) is 6.07 Å². The highest BCUT2D eigenvalue weighted by molar-refractivity contribution is 5.50. The first-order chi connectivity index (χ1) is 9.53. The lowest BCUT2D eigenvalue weighted by Crippen LogP contribution is -2.33. The van der Waals surface area contributed by atoms with Crippen LogP contribution >= 0.6 is 0 Å². The second-order valence-corrected chi connectivity index (χ2v) is 5.59. The van der Waals surface area contributed by atoms with E-state index in [-0.39, 0.29) is 0 Å². The third-order valence-corrected chi connectivity index (χ3v) is 3.56. The highest BCUT2D eigenvalue weighted by Gasteiger charge is 2.16. The third kappa shape index (κ3) is 4.36. The molecule has 1 N–H and O–H groups in total. The molecule has 0 fully saturated rings.